The van der Waals surface area contributed by atoms with E-state index in [0.29, 0.717) is 18.7 Å². The van der Waals surface area contributed by atoms with Crippen LogP contribution in [0.3, 0.4) is 0 Å². The molecule has 0 saturated carbocycles. The molecule has 4 nitrogen and oxygen atoms in total. The number of morpholine rings is 1. The van der Waals surface area contributed by atoms with Crippen LogP contribution in [0.4, 0.5) is 0 Å². The Morgan fingerprint density at radius 2 is 2.24 bits per heavy atom. The van der Waals surface area contributed by atoms with Gasteiger partial charge in [0.25, 0.3) is 0 Å². The molecule has 1 heterocycles. The van der Waals surface area contributed by atoms with Gasteiger partial charge < -0.3 is 14.8 Å². The number of hydrogen-bond acceptors (Lipinski definition) is 4. The molecule has 2 rings (SSSR count). The smallest absolute Gasteiger partial charge is 0.0896 e. The average molecular weight is 292 g/mol. The first-order valence-electron chi connectivity index (χ1n) is 7.77. The number of likely N-dealkylation sites (N-methyl/N-ethyl adjacent to an activating group) is 1. The number of methoxy groups -OCH3 is 1. The molecule has 0 aromatic heterocycles. The summed E-state index contributed by atoms with van der Waals surface area (Å²) in [5, 5.41) is 3.26. The topological polar surface area (TPSA) is 33.7 Å². The van der Waals surface area contributed by atoms with E-state index in [-0.39, 0.29) is 6.10 Å². The lowest BCUT2D eigenvalue weighted by Gasteiger charge is -2.44. The molecule has 0 aliphatic carbocycles. The van der Waals surface area contributed by atoms with Crippen molar-refractivity contribution in [1.82, 2.24) is 10.2 Å². The van der Waals surface area contributed by atoms with Crippen LogP contribution < -0.4 is 5.32 Å². The molecule has 0 amide bonds. The summed E-state index contributed by atoms with van der Waals surface area (Å²) in [6, 6.07) is 9.49. The van der Waals surface area contributed by atoms with Crippen LogP contribution in [-0.2, 0) is 16.1 Å². The molecular weight excluding hydrogens is 264 g/mol. The van der Waals surface area contributed by atoms with E-state index in [0.717, 1.165) is 19.7 Å². The maximum absolute atomic E-state index is 6.03. The van der Waals surface area contributed by atoms with Gasteiger partial charge in [-0.25, -0.2) is 0 Å². The van der Waals surface area contributed by atoms with Crippen molar-refractivity contribution in [2.75, 3.05) is 33.9 Å². The summed E-state index contributed by atoms with van der Waals surface area (Å²) in [5.41, 5.74) is 2.53. The third kappa shape index (κ3) is 4.04. The molecule has 1 saturated heterocycles. The summed E-state index contributed by atoms with van der Waals surface area (Å²) < 4.78 is 11.3. The van der Waals surface area contributed by atoms with Crippen LogP contribution >= 0.6 is 0 Å². The quantitative estimate of drug-likeness (QED) is 0.871. The van der Waals surface area contributed by atoms with Gasteiger partial charge in [-0.3, -0.25) is 4.90 Å². The second-order valence-corrected chi connectivity index (χ2v) is 5.92. The summed E-state index contributed by atoms with van der Waals surface area (Å²) >= 11 is 0. The summed E-state index contributed by atoms with van der Waals surface area (Å²) in [5.74, 6) is 0. The highest BCUT2D eigenvalue weighted by molar-refractivity contribution is 5.27. The Hall–Kier alpha value is -0.940. The average Bonchev–Trinajstić information content (AvgIpc) is 2.48. The zero-order valence-corrected chi connectivity index (χ0v) is 13.6. The molecule has 0 radical (unpaired) electrons. The van der Waals surface area contributed by atoms with Gasteiger partial charge >= 0.3 is 0 Å². The number of hydrogen-bond donors (Lipinski definition) is 1. The van der Waals surface area contributed by atoms with Gasteiger partial charge in [0.05, 0.1) is 25.4 Å². The van der Waals surface area contributed by atoms with Crippen molar-refractivity contribution >= 4 is 0 Å². The fraction of sp³-hybridized carbons (Fsp3) is 0.647. The first-order chi connectivity index (χ1) is 10.2. The molecule has 0 bridgehead atoms. The molecule has 1 aromatic carbocycles. The SMILES string of the molecule is CNCC1OCCN(C(C)C)C1c1cccc(COC)c1. The third-order valence-electron chi connectivity index (χ3n) is 4.06. The highest BCUT2D eigenvalue weighted by atomic mass is 16.5. The van der Waals surface area contributed by atoms with E-state index in [9.17, 15) is 0 Å². The Labute approximate surface area is 128 Å². The summed E-state index contributed by atoms with van der Waals surface area (Å²) in [6.45, 7) is 7.82. The Morgan fingerprint density at radius 1 is 1.43 bits per heavy atom. The van der Waals surface area contributed by atoms with E-state index in [1.165, 1.54) is 11.1 Å². The lowest BCUT2D eigenvalue weighted by molar-refractivity contribution is -0.0815. The Morgan fingerprint density at radius 3 is 2.90 bits per heavy atom. The van der Waals surface area contributed by atoms with Crippen molar-refractivity contribution in [1.29, 1.82) is 0 Å². The van der Waals surface area contributed by atoms with Crippen LogP contribution in [0.25, 0.3) is 0 Å². The molecule has 1 aliphatic heterocycles. The Kier molecular flexibility index (Phi) is 6.18. The zero-order chi connectivity index (χ0) is 15.2. The third-order valence-corrected chi connectivity index (χ3v) is 4.06. The Balaban J connectivity index is 2.30. The lowest BCUT2D eigenvalue weighted by Crippen LogP contribution is -2.51. The van der Waals surface area contributed by atoms with Crippen LogP contribution in [0.2, 0.25) is 0 Å². The number of ether oxygens (including phenoxy) is 2. The van der Waals surface area contributed by atoms with Crippen LogP contribution in [-0.4, -0.2) is 50.9 Å². The summed E-state index contributed by atoms with van der Waals surface area (Å²) in [4.78, 5) is 2.54. The fourth-order valence-electron chi connectivity index (χ4n) is 3.14. The highest BCUT2D eigenvalue weighted by Gasteiger charge is 2.34. The minimum atomic E-state index is 0.184. The minimum Gasteiger partial charge on any atom is -0.380 e. The predicted molar refractivity (Wildman–Crippen MR) is 85.4 cm³/mol. The fourth-order valence-corrected chi connectivity index (χ4v) is 3.14. The van der Waals surface area contributed by atoms with E-state index in [1.807, 2.05) is 7.05 Å². The van der Waals surface area contributed by atoms with Gasteiger partial charge in [-0.1, -0.05) is 24.3 Å². The second-order valence-electron chi connectivity index (χ2n) is 5.92. The number of benzene rings is 1. The second kappa shape index (κ2) is 7.90. The summed E-state index contributed by atoms with van der Waals surface area (Å²) in [7, 11) is 3.72. The van der Waals surface area contributed by atoms with Crippen molar-refractivity contribution in [3.05, 3.63) is 35.4 Å². The van der Waals surface area contributed by atoms with E-state index in [4.69, 9.17) is 9.47 Å². The van der Waals surface area contributed by atoms with Crippen molar-refractivity contribution in [3.63, 3.8) is 0 Å². The predicted octanol–water partition coefficient (Wildman–Crippen LogP) is 2.20. The van der Waals surface area contributed by atoms with Crippen molar-refractivity contribution in [2.24, 2.45) is 0 Å². The normalized spacial score (nSPS) is 23.7. The van der Waals surface area contributed by atoms with E-state index in [2.05, 4.69) is 48.3 Å². The molecule has 2 atom stereocenters. The molecule has 1 aliphatic rings. The maximum atomic E-state index is 6.03. The van der Waals surface area contributed by atoms with E-state index < -0.39 is 0 Å². The molecule has 21 heavy (non-hydrogen) atoms. The van der Waals surface area contributed by atoms with Gasteiger partial charge in [0.2, 0.25) is 0 Å². The molecular formula is C17H28N2O2. The van der Waals surface area contributed by atoms with Gasteiger partial charge in [0.15, 0.2) is 0 Å². The molecule has 4 heteroatoms. The van der Waals surface area contributed by atoms with Gasteiger partial charge in [-0.2, -0.15) is 0 Å². The maximum Gasteiger partial charge on any atom is 0.0896 e. The molecule has 1 aromatic rings. The molecule has 2 unspecified atom stereocenters. The summed E-state index contributed by atoms with van der Waals surface area (Å²) in [6.07, 6.45) is 0.184. The molecule has 118 valence electrons. The van der Waals surface area contributed by atoms with Crippen LogP contribution in [0, 0.1) is 0 Å². The number of rotatable bonds is 6. The van der Waals surface area contributed by atoms with Crippen LogP contribution in [0.1, 0.15) is 31.0 Å². The largest absolute Gasteiger partial charge is 0.380 e. The van der Waals surface area contributed by atoms with Gasteiger partial charge in [0.1, 0.15) is 0 Å². The van der Waals surface area contributed by atoms with Crippen LogP contribution in [0.5, 0.6) is 0 Å². The van der Waals surface area contributed by atoms with Crippen molar-refractivity contribution in [3.8, 4) is 0 Å². The minimum absolute atomic E-state index is 0.184. The number of nitrogens with zero attached hydrogens (tertiary/aromatic N) is 1. The Bertz CT molecular complexity index is 435. The number of nitrogens with one attached hydrogen (secondary N) is 1. The van der Waals surface area contributed by atoms with E-state index >= 15 is 0 Å². The standard InChI is InChI=1S/C17H28N2O2/c1-13(2)19-8-9-21-16(11-18-3)17(19)15-7-5-6-14(10-15)12-20-4/h5-7,10,13,16-18H,8-9,11-12H2,1-4H3. The first kappa shape index (κ1) is 16.4. The van der Waals surface area contributed by atoms with Crippen LogP contribution in [0.15, 0.2) is 24.3 Å². The molecule has 1 N–H and O–H groups in total. The van der Waals surface area contributed by atoms with Gasteiger partial charge in [-0.15, -0.1) is 0 Å². The lowest BCUT2D eigenvalue weighted by atomic mass is 9.95. The van der Waals surface area contributed by atoms with Crippen molar-refractivity contribution in [2.45, 2.75) is 38.6 Å². The molecule has 1 fully saturated rings. The zero-order valence-electron chi connectivity index (χ0n) is 13.6. The van der Waals surface area contributed by atoms with Crippen molar-refractivity contribution < 1.29 is 9.47 Å². The first-order valence-corrected chi connectivity index (χ1v) is 7.77. The van der Waals surface area contributed by atoms with Gasteiger partial charge in [0, 0.05) is 26.2 Å². The highest BCUT2D eigenvalue weighted by Crippen LogP contribution is 2.31. The molecule has 0 spiro atoms. The van der Waals surface area contributed by atoms with E-state index in [1.54, 1.807) is 7.11 Å². The van der Waals surface area contributed by atoms with Gasteiger partial charge in [-0.05, 0) is 32.0 Å². The monoisotopic (exact) mass is 292 g/mol.